The minimum Gasteiger partial charge on any atom is -0.275 e. The summed E-state index contributed by atoms with van der Waals surface area (Å²) in [5, 5.41) is 4.06. The second kappa shape index (κ2) is 5.21. The van der Waals surface area contributed by atoms with E-state index in [2.05, 4.69) is 15.1 Å². The zero-order chi connectivity index (χ0) is 13.0. The van der Waals surface area contributed by atoms with Crippen molar-refractivity contribution < 1.29 is 4.79 Å². The Kier molecular flexibility index (Phi) is 3.46. The van der Waals surface area contributed by atoms with Crippen molar-refractivity contribution in [1.29, 1.82) is 0 Å². The third-order valence-electron chi connectivity index (χ3n) is 2.45. The molecule has 5 heteroatoms. The van der Waals surface area contributed by atoms with Crippen molar-refractivity contribution in [3.05, 3.63) is 47.5 Å². The number of hydrogen-bond donors (Lipinski definition) is 0. The van der Waals surface area contributed by atoms with Crippen molar-refractivity contribution in [2.45, 2.75) is 6.92 Å². The highest BCUT2D eigenvalue weighted by molar-refractivity contribution is 5.82. The van der Waals surface area contributed by atoms with Gasteiger partial charge in [0.25, 0.3) is 0 Å². The zero-order valence-electron chi connectivity index (χ0n) is 10.2. The molecule has 2 rings (SSSR count). The van der Waals surface area contributed by atoms with Gasteiger partial charge in [0.05, 0.1) is 11.9 Å². The van der Waals surface area contributed by atoms with Crippen LogP contribution in [0.15, 0.2) is 35.7 Å². The van der Waals surface area contributed by atoms with Crippen molar-refractivity contribution >= 4 is 17.9 Å². The minimum atomic E-state index is 0.483. The molecule has 0 N–H and O–H groups in total. The van der Waals surface area contributed by atoms with Crippen LogP contribution in [0.4, 0.5) is 0 Å². The summed E-state index contributed by atoms with van der Waals surface area (Å²) < 4.78 is 1.68. The predicted octanol–water partition coefficient (Wildman–Crippen LogP) is 1.96. The Morgan fingerprint density at radius 3 is 3.00 bits per heavy atom. The third-order valence-corrected chi connectivity index (χ3v) is 2.45. The van der Waals surface area contributed by atoms with Crippen LogP contribution in [-0.2, 0) is 11.8 Å². The number of rotatable bonds is 3. The first-order valence-corrected chi connectivity index (χ1v) is 5.41. The van der Waals surface area contributed by atoms with Gasteiger partial charge in [-0.25, -0.2) is 4.79 Å². The highest BCUT2D eigenvalue weighted by Gasteiger charge is 2.06. The van der Waals surface area contributed by atoms with Crippen LogP contribution in [0.5, 0.6) is 0 Å². The zero-order valence-corrected chi connectivity index (χ0v) is 10.2. The second-order valence-corrected chi connectivity index (χ2v) is 3.85. The lowest BCUT2D eigenvalue weighted by Crippen LogP contribution is -1.90. The Morgan fingerprint density at radius 2 is 2.39 bits per heavy atom. The lowest BCUT2D eigenvalue weighted by molar-refractivity contribution is 0.565. The molecular weight excluding hydrogens is 228 g/mol. The molecule has 0 aliphatic rings. The largest absolute Gasteiger partial charge is 0.275 e. The maximum absolute atomic E-state index is 10.5. The van der Waals surface area contributed by atoms with Crippen LogP contribution in [0, 0.1) is 6.92 Å². The molecule has 0 unspecified atom stereocenters. The van der Waals surface area contributed by atoms with Crippen LogP contribution in [0.1, 0.15) is 16.8 Å². The van der Waals surface area contributed by atoms with Crippen LogP contribution in [0.25, 0.3) is 11.8 Å². The Balaban J connectivity index is 2.50. The molecule has 5 nitrogen and oxygen atoms in total. The highest BCUT2D eigenvalue weighted by Crippen LogP contribution is 2.19. The molecule has 0 amide bonds. The van der Waals surface area contributed by atoms with Crippen LogP contribution >= 0.6 is 0 Å². The molecule has 0 aromatic carbocycles. The van der Waals surface area contributed by atoms with Crippen molar-refractivity contribution in [2.24, 2.45) is 12.0 Å². The van der Waals surface area contributed by atoms with Crippen LogP contribution in [0.3, 0.4) is 0 Å². The van der Waals surface area contributed by atoms with Gasteiger partial charge in [-0.1, -0.05) is 6.07 Å². The number of nitrogens with zero attached hydrogens (tertiary/aromatic N) is 4. The van der Waals surface area contributed by atoms with E-state index in [9.17, 15) is 4.79 Å². The third kappa shape index (κ3) is 2.59. The highest BCUT2D eigenvalue weighted by atomic mass is 16.1. The number of isocyanates is 1. The molecule has 2 aromatic heterocycles. The maximum atomic E-state index is 10.5. The fraction of sp³-hybridized carbons (Fsp3) is 0.154. The molecule has 0 saturated carbocycles. The van der Waals surface area contributed by atoms with Crippen LogP contribution in [0.2, 0.25) is 0 Å². The minimum absolute atomic E-state index is 0.483. The molecule has 0 bridgehead atoms. The molecule has 18 heavy (non-hydrogen) atoms. The van der Waals surface area contributed by atoms with Gasteiger partial charge in [0.2, 0.25) is 6.08 Å². The van der Waals surface area contributed by atoms with Crippen molar-refractivity contribution in [3.63, 3.8) is 0 Å². The predicted molar refractivity (Wildman–Crippen MR) is 68.2 cm³/mol. The van der Waals surface area contributed by atoms with Gasteiger partial charge in [-0.15, -0.1) is 0 Å². The molecule has 0 spiro atoms. The summed E-state index contributed by atoms with van der Waals surface area (Å²) in [6.07, 6.45) is 8.51. The van der Waals surface area contributed by atoms with Gasteiger partial charge < -0.3 is 0 Å². The smallest absolute Gasteiger partial charge is 0.240 e. The van der Waals surface area contributed by atoms with E-state index in [1.807, 2.05) is 32.3 Å². The summed E-state index contributed by atoms with van der Waals surface area (Å²) >= 11 is 0. The Hall–Kier alpha value is -2.52. The average molecular weight is 240 g/mol. The van der Waals surface area contributed by atoms with E-state index in [-0.39, 0.29) is 0 Å². The standard InChI is InChI=1S/C13H12N4O/c1-10-4-3-5-14-13(10)12(15-9-18)6-11-7-16-17(2)8-11/h3-8H,1-2H3/b12-6+. The molecule has 2 heterocycles. The number of aromatic nitrogens is 3. The Morgan fingerprint density at radius 1 is 1.56 bits per heavy atom. The first kappa shape index (κ1) is 12.0. The van der Waals surface area contributed by atoms with Crippen molar-refractivity contribution in [2.75, 3.05) is 0 Å². The van der Waals surface area contributed by atoms with Gasteiger partial charge in [-0.3, -0.25) is 9.67 Å². The molecule has 0 aliphatic carbocycles. The Labute approximate surface area is 105 Å². The normalized spacial score (nSPS) is 11.1. The van der Waals surface area contributed by atoms with E-state index in [4.69, 9.17) is 0 Å². The summed E-state index contributed by atoms with van der Waals surface area (Å²) in [7, 11) is 1.83. The van der Waals surface area contributed by atoms with Gasteiger partial charge in [0.15, 0.2) is 0 Å². The van der Waals surface area contributed by atoms with E-state index in [1.165, 1.54) is 0 Å². The molecule has 2 aromatic rings. The lowest BCUT2D eigenvalue weighted by Gasteiger charge is -2.02. The molecular formula is C13H12N4O. The summed E-state index contributed by atoms with van der Waals surface area (Å²) in [5.41, 5.74) is 2.96. The lowest BCUT2D eigenvalue weighted by atomic mass is 10.1. The molecule has 0 aliphatic heterocycles. The molecule has 0 saturated heterocycles. The molecule has 90 valence electrons. The fourth-order valence-corrected chi connectivity index (χ4v) is 1.63. The topological polar surface area (TPSA) is 60.1 Å². The van der Waals surface area contributed by atoms with E-state index in [0.29, 0.717) is 11.4 Å². The van der Waals surface area contributed by atoms with E-state index < -0.39 is 0 Å². The van der Waals surface area contributed by atoms with Crippen LogP contribution in [-0.4, -0.2) is 20.8 Å². The van der Waals surface area contributed by atoms with Crippen molar-refractivity contribution in [3.8, 4) is 0 Å². The molecule has 0 atom stereocenters. The summed E-state index contributed by atoms with van der Waals surface area (Å²) in [4.78, 5) is 18.5. The number of aliphatic imine (C=N–C) groups is 1. The van der Waals surface area contributed by atoms with E-state index >= 15 is 0 Å². The molecule has 0 radical (unpaired) electrons. The van der Waals surface area contributed by atoms with E-state index in [1.54, 1.807) is 29.2 Å². The number of hydrogen-bond acceptors (Lipinski definition) is 4. The maximum Gasteiger partial charge on any atom is 0.240 e. The van der Waals surface area contributed by atoms with Gasteiger partial charge in [0, 0.05) is 25.0 Å². The fourth-order valence-electron chi connectivity index (χ4n) is 1.63. The number of carbonyl (C=O) groups excluding carboxylic acids is 1. The van der Waals surface area contributed by atoms with Gasteiger partial charge >= 0.3 is 0 Å². The summed E-state index contributed by atoms with van der Waals surface area (Å²) in [6, 6.07) is 3.75. The monoisotopic (exact) mass is 240 g/mol. The number of pyridine rings is 1. The van der Waals surface area contributed by atoms with Crippen molar-refractivity contribution in [1.82, 2.24) is 14.8 Å². The summed E-state index contributed by atoms with van der Waals surface area (Å²) in [6.45, 7) is 1.92. The first-order valence-electron chi connectivity index (χ1n) is 5.41. The van der Waals surface area contributed by atoms with Gasteiger partial charge in [-0.05, 0) is 24.6 Å². The Bertz CT molecular complexity index is 636. The first-order chi connectivity index (χ1) is 8.70. The summed E-state index contributed by atoms with van der Waals surface area (Å²) in [5.74, 6) is 0. The second-order valence-electron chi connectivity index (χ2n) is 3.85. The quantitative estimate of drug-likeness (QED) is 0.608. The average Bonchev–Trinajstić information content (AvgIpc) is 2.75. The number of aryl methyl sites for hydroxylation is 2. The molecule has 0 fully saturated rings. The van der Waals surface area contributed by atoms with Gasteiger partial charge in [-0.2, -0.15) is 10.1 Å². The SMILES string of the molecule is Cc1cccnc1/C(=C\c1cnn(C)c1)N=C=O. The van der Waals surface area contributed by atoms with E-state index in [0.717, 1.165) is 11.1 Å². The van der Waals surface area contributed by atoms with Crippen LogP contribution < -0.4 is 0 Å². The van der Waals surface area contributed by atoms with Gasteiger partial charge in [0.1, 0.15) is 5.70 Å².